The molecule has 8 heteroatoms. The van der Waals surface area contributed by atoms with Gasteiger partial charge < -0.3 is 18.6 Å². The van der Waals surface area contributed by atoms with E-state index >= 15 is 0 Å². The van der Waals surface area contributed by atoms with Crippen LogP contribution in [0.3, 0.4) is 0 Å². The molecule has 32 heavy (non-hydrogen) atoms. The molecule has 2 aromatic rings. The lowest BCUT2D eigenvalue weighted by molar-refractivity contribution is 0.00578. The highest BCUT2D eigenvalue weighted by Crippen LogP contribution is 2.40. The molecule has 0 saturated carbocycles. The van der Waals surface area contributed by atoms with Crippen molar-refractivity contribution in [1.82, 2.24) is 0 Å². The molecule has 0 atom stereocenters. The van der Waals surface area contributed by atoms with Crippen LogP contribution in [0.25, 0.3) is 11.1 Å². The van der Waals surface area contributed by atoms with E-state index in [0.717, 1.165) is 22.1 Å². The monoisotopic (exact) mass is 474 g/mol. The van der Waals surface area contributed by atoms with E-state index in [1.807, 2.05) is 91.8 Å². The van der Waals surface area contributed by atoms with Crippen LogP contribution in [0.4, 0.5) is 0 Å². The number of hydrogen-bond acceptors (Lipinski definition) is 4. The lowest BCUT2D eigenvalue weighted by atomic mass is 9.76. The van der Waals surface area contributed by atoms with Crippen LogP contribution in [0.5, 0.6) is 0 Å². The predicted octanol–water partition coefficient (Wildman–Crippen LogP) is 5.26. The number of hydrogen-bond donors (Lipinski definition) is 0. The molecular formula is C24H30B2Cl2O4. The van der Waals surface area contributed by atoms with E-state index in [0.29, 0.717) is 10.0 Å². The fourth-order valence-corrected chi connectivity index (χ4v) is 4.45. The third-order valence-corrected chi connectivity index (χ3v) is 8.21. The zero-order valence-electron chi connectivity index (χ0n) is 20.0. The summed E-state index contributed by atoms with van der Waals surface area (Å²) in [5.74, 6) is 0. The van der Waals surface area contributed by atoms with Gasteiger partial charge in [-0.1, -0.05) is 59.6 Å². The SMILES string of the molecule is CC1(C)OB(c2cccc(-c3cccc(B4OC(C)(C)C(C)(C)O4)c3Cl)c2Cl)OC1(C)C. The Bertz CT molecular complexity index is 937. The largest absolute Gasteiger partial charge is 0.496 e. The fraction of sp³-hybridized carbons (Fsp3) is 0.500. The Morgan fingerprint density at radius 1 is 0.531 bits per heavy atom. The van der Waals surface area contributed by atoms with Crippen molar-refractivity contribution in [2.24, 2.45) is 0 Å². The summed E-state index contributed by atoms with van der Waals surface area (Å²) >= 11 is 13.8. The van der Waals surface area contributed by atoms with E-state index in [4.69, 9.17) is 41.8 Å². The van der Waals surface area contributed by atoms with E-state index < -0.39 is 36.6 Å². The molecule has 2 heterocycles. The first-order chi connectivity index (χ1) is 14.7. The summed E-state index contributed by atoms with van der Waals surface area (Å²) in [6.07, 6.45) is 0. The molecule has 0 bridgehead atoms. The minimum atomic E-state index is -0.558. The maximum Gasteiger partial charge on any atom is 0.496 e. The van der Waals surface area contributed by atoms with Crippen LogP contribution in [0, 0.1) is 0 Å². The molecule has 4 rings (SSSR count). The minimum Gasteiger partial charge on any atom is -0.399 e. The Morgan fingerprint density at radius 2 is 0.812 bits per heavy atom. The van der Waals surface area contributed by atoms with Gasteiger partial charge in [-0.05, 0) is 55.4 Å². The van der Waals surface area contributed by atoms with Crippen LogP contribution in [-0.4, -0.2) is 36.6 Å². The van der Waals surface area contributed by atoms with Crippen molar-refractivity contribution in [3.8, 4) is 11.1 Å². The molecule has 0 spiro atoms. The van der Waals surface area contributed by atoms with Gasteiger partial charge in [0.2, 0.25) is 0 Å². The molecule has 2 fully saturated rings. The molecule has 0 N–H and O–H groups in total. The predicted molar refractivity (Wildman–Crippen MR) is 133 cm³/mol. The van der Waals surface area contributed by atoms with Crippen LogP contribution < -0.4 is 10.9 Å². The van der Waals surface area contributed by atoms with Gasteiger partial charge in [-0.2, -0.15) is 0 Å². The standard InChI is InChI=1S/C24H30B2Cl2O4/c1-21(2)22(3,4)30-25(29-21)17-13-9-11-15(19(17)27)16-12-10-14-18(20(16)28)26-31-23(5,6)24(7,8)32-26/h9-14H,1-8H3. The van der Waals surface area contributed by atoms with Gasteiger partial charge >= 0.3 is 14.2 Å². The van der Waals surface area contributed by atoms with Gasteiger partial charge in [0.15, 0.2) is 0 Å². The molecule has 0 aliphatic carbocycles. The van der Waals surface area contributed by atoms with Gasteiger partial charge in [-0.25, -0.2) is 0 Å². The minimum absolute atomic E-state index is 0.453. The van der Waals surface area contributed by atoms with Crippen molar-refractivity contribution in [1.29, 1.82) is 0 Å². The normalized spacial score (nSPS) is 23.1. The number of benzene rings is 2. The zero-order chi connectivity index (χ0) is 23.7. The van der Waals surface area contributed by atoms with E-state index in [2.05, 4.69) is 0 Å². The first-order valence-electron chi connectivity index (χ1n) is 11.0. The smallest absolute Gasteiger partial charge is 0.399 e. The second-order valence-corrected chi connectivity index (χ2v) is 11.3. The molecule has 2 aromatic carbocycles. The summed E-state index contributed by atoms with van der Waals surface area (Å²) < 4.78 is 24.9. The molecular weight excluding hydrogens is 445 g/mol. The Morgan fingerprint density at radius 3 is 1.09 bits per heavy atom. The molecule has 2 saturated heterocycles. The summed E-state index contributed by atoms with van der Waals surface area (Å²) in [7, 11) is -1.12. The summed E-state index contributed by atoms with van der Waals surface area (Å²) in [6.45, 7) is 16.2. The van der Waals surface area contributed by atoms with Gasteiger partial charge in [0, 0.05) is 32.1 Å². The Kier molecular flexibility index (Phi) is 5.85. The quantitative estimate of drug-likeness (QED) is 0.569. The first kappa shape index (κ1) is 24.1. The lowest BCUT2D eigenvalue weighted by Crippen LogP contribution is -2.41. The first-order valence-corrected chi connectivity index (χ1v) is 11.7. The second kappa shape index (κ2) is 7.76. The highest BCUT2D eigenvalue weighted by Gasteiger charge is 2.53. The topological polar surface area (TPSA) is 36.9 Å². The molecule has 2 aliphatic rings. The lowest BCUT2D eigenvalue weighted by Gasteiger charge is -2.32. The zero-order valence-corrected chi connectivity index (χ0v) is 21.5. The molecule has 0 unspecified atom stereocenters. The molecule has 4 nitrogen and oxygen atoms in total. The molecule has 0 radical (unpaired) electrons. The van der Waals surface area contributed by atoms with E-state index in [9.17, 15) is 0 Å². The van der Waals surface area contributed by atoms with Crippen molar-refractivity contribution in [2.45, 2.75) is 77.8 Å². The van der Waals surface area contributed by atoms with Gasteiger partial charge in [-0.3, -0.25) is 0 Å². The fourth-order valence-electron chi connectivity index (χ4n) is 3.82. The van der Waals surface area contributed by atoms with E-state index in [-0.39, 0.29) is 0 Å². The Hall–Kier alpha value is -1.01. The summed E-state index contributed by atoms with van der Waals surface area (Å²) in [5, 5.41) is 1.11. The van der Waals surface area contributed by atoms with Crippen LogP contribution in [-0.2, 0) is 18.6 Å². The summed E-state index contributed by atoms with van der Waals surface area (Å²) in [5.41, 5.74) is 1.36. The van der Waals surface area contributed by atoms with Crippen molar-refractivity contribution in [2.75, 3.05) is 0 Å². The Balaban J connectivity index is 1.72. The van der Waals surface area contributed by atoms with Gasteiger partial charge in [0.05, 0.1) is 22.4 Å². The van der Waals surface area contributed by atoms with Crippen LogP contribution in [0.1, 0.15) is 55.4 Å². The van der Waals surface area contributed by atoms with Crippen molar-refractivity contribution < 1.29 is 18.6 Å². The van der Waals surface area contributed by atoms with E-state index in [1.54, 1.807) is 0 Å². The second-order valence-electron chi connectivity index (χ2n) is 10.6. The highest BCUT2D eigenvalue weighted by atomic mass is 35.5. The van der Waals surface area contributed by atoms with Gasteiger partial charge in [-0.15, -0.1) is 0 Å². The van der Waals surface area contributed by atoms with E-state index in [1.165, 1.54) is 0 Å². The highest BCUT2D eigenvalue weighted by molar-refractivity contribution is 6.67. The van der Waals surface area contributed by atoms with Crippen LogP contribution >= 0.6 is 23.2 Å². The van der Waals surface area contributed by atoms with Crippen molar-refractivity contribution >= 4 is 48.4 Å². The average molecular weight is 475 g/mol. The third-order valence-electron chi connectivity index (χ3n) is 7.36. The van der Waals surface area contributed by atoms with Crippen LogP contribution in [0.15, 0.2) is 36.4 Å². The third kappa shape index (κ3) is 3.83. The molecule has 170 valence electrons. The van der Waals surface area contributed by atoms with Crippen molar-refractivity contribution in [3.05, 3.63) is 46.4 Å². The van der Waals surface area contributed by atoms with Gasteiger partial charge in [0.25, 0.3) is 0 Å². The average Bonchev–Trinajstić information content (AvgIpc) is 3.01. The maximum atomic E-state index is 6.90. The summed E-state index contributed by atoms with van der Waals surface area (Å²) in [4.78, 5) is 0. The molecule has 2 aliphatic heterocycles. The Labute approximate surface area is 202 Å². The number of halogens is 2. The van der Waals surface area contributed by atoms with Crippen molar-refractivity contribution in [3.63, 3.8) is 0 Å². The maximum absolute atomic E-state index is 6.90. The van der Waals surface area contributed by atoms with Gasteiger partial charge in [0.1, 0.15) is 0 Å². The summed E-state index contributed by atoms with van der Waals surface area (Å²) in [6, 6.07) is 11.7. The molecule has 0 amide bonds. The molecule has 0 aromatic heterocycles. The number of rotatable bonds is 3. The van der Waals surface area contributed by atoms with Crippen LogP contribution in [0.2, 0.25) is 10.0 Å².